The summed E-state index contributed by atoms with van der Waals surface area (Å²) in [5.74, 6) is 0. The first-order valence-corrected chi connectivity index (χ1v) is 6.58. The monoisotopic (exact) mass is 279 g/mol. The van der Waals surface area contributed by atoms with Gasteiger partial charge in [-0.15, -0.1) is 0 Å². The first-order valence-electron chi connectivity index (χ1n) is 5.83. The molecule has 2 aromatic rings. The van der Waals surface area contributed by atoms with Gasteiger partial charge in [-0.25, -0.2) is 0 Å². The van der Waals surface area contributed by atoms with Gasteiger partial charge in [-0.05, 0) is 42.2 Å². The molecule has 0 saturated heterocycles. The Bertz CT molecular complexity index is 552. The van der Waals surface area contributed by atoms with Gasteiger partial charge in [0, 0.05) is 16.1 Å². The van der Waals surface area contributed by atoms with Gasteiger partial charge in [0.25, 0.3) is 0 Å². The first kappa shape index (κ1) is 13.4. The molecule has 0 heterocycles. The zero-order valence-electron chi connectivity index (χ0n) is 10.2. The van der Waals surface area contributed by atoms with Crippen LogP contribution in [0.1, 0.15) is 22.7 Å². The fraction of sp³-hybridized carbons (Fsp3) is 0.200. The molecule has 0 aromatic heterocycles. The maximum atomic E-state index is 6.24. The number of hydrogen-bond acceptors (Lipinski definition) is 1. The molecule has 0 aliphatic rings. The van der Waals surface area contributed by atoms with Gasteiger partial charge in [-0.1, -0.05) is 53.5 Å². The predicted molar refractivity (Wildman–Crippen MR) is 78.3 cm³/mol. The summed E-state index contributed by atoms with van der Waals surface area (Å²) in [4.78, 5) is 0. The molecule has 0 radical (unpaired) electrons. The van der Waals surface area contributed by atoms with Crippen molar-refractivity contribution in [1.82, 2.24) is 0 Å². The van der Waals surface area contributed by atoms with Crippen LogP contribution in [0.5, 0.6) is 0 Å². The van der Waals surface area contributed by atoms with Crippen molar-refractivity contribution >= 4 is 23.2 Å². The van der Waals surface area contributed by atoms with Gasteiger partial charge in [0.2, 0.25) is 0 Å². The van der Waals surface area contributed by atoms with Gasteiger partial charge >= 0.3 is 0 Å². The van der Waals surface area contributed by atoms with Gasteiger partial charge < -0.3 is 5.73 Å². The topological polar surface area (TPSA) is 26.0 Å². The van der Waals surface area contributed by atoms with Crippen LogP contribution in [-0.4, -0.2) is 0 Å². The standard InChI is InChI=1S/C15H15Cl2N/c1-10-4-2-3-5-13(10)15(18)8-11-6-7-12(16)9-14(11)17/h2-7,9,15H,8,18H2,1H3. The molecule has 2 N–H and O–H groups in total. The van der Waals surface area contributed by atoms with E-state index in [4.69, 9.17) is 28.9 Å². The third kappa shape index (κ3) is 3.05. The predicted octanol–water partition coefficient (Wildman–Crippen LogP) is 4.54. The van der Waals surface area contributed by atoms with Crippen molar-refractivity contribution < 1.29 is 0 Å². The van der Waals surface area contributed by atoms with Crippen molar-refractivity contribution in [2.75, 3.05) is 0 Å². The summed E-state index contributed by atoms with van der Waals surface area (Å²) in [6.07, 6.45) is 0.709. The second-order valence-corrected chi connectivity index (χ2v) is 5.25. The summed E-state index contributed by atoms with van der Waals surface area (Å²) in [5, 5.41) is 1.32. The molecule has 0 aliphatic carbocycles. The summed E-state index contributed by atoms with van der Waals surface area (Å²) in [7, 11) is 0. The number of nitrogens with two attached hydrogens (primary N) is 1. The Hall–Kier alpha value is -1.02. The highest BCUT2D eigenvalue weighted by Crippen LogP contribution is 2.26. The Morgan fingerprint density at radius 3 is 2.50 bits per heavy atom. The van der Waals surface area contributed by atoms with Gasteiger partial charge in [0.1, 0.15) is 0 Å². The van der Waals surface area contributed by atoms with E-state index >= 15 is 0 Å². The van der Waals surface area contributed by atoms with Crippen LogP contribution in [0.15, 0.2) is 42.5 Å². The molecule has 0 spiro atoms. The number of halogens is 2. The Morgan fingerprint density at radius 1 is 1.11 bits per heavy atom. The minimum atomic E-state index is -0.0510. The summed E-state index contributed by atoms with van der Waals surface area (Å²) in [5.41, 5.74) is 9.63. The molecule has 18 heavy (non-hydrogen) atoms. The molecule has 0 aliphatic heterocycles. The molecule has 1 nitrogen and oxygen atoms in total. The average Bonchev–Trinajstić information content (AvgIpc) is 2.33. The van der Waals surface area contributed by atoms with E-state index in [0.29, 0.717) is 16.5 Å². The van der Waals surface area contributed by atoms with Gasteiger partial charge in [0.15, 0.2) is 0 Å². The summed E-state index contributed by atoms with van der Waals surface area (Å²) in [6.45, 7) is 2.07. The lowest BCUT2D eigenvalue weighted by Crippen LogP contribution is -2.14. The molecule has 0 bridgehead atoms. The lowest BCUT2D eigenvalue weighted by molar-refractivity contribution is 0.717. The van der Waals surface area contributed by atoms with Crippen molar-refractivity contribution in [3.8, 4) is 0 Å². The molecular formula is C15H15Cl2N. The van der Waals surface area contributed by atoms with Crippen LogP contribution in [0.4, 0.5) is 0 Å². The lowest BCUT2D eigenvalue weighted by Gasteiger charge is -2.15. The van der Waals surface area contributed by atoms with Crippen molar-refractivity contribution in [2.24, 2.45) is 5.73 Å². The van der Waals surface area contributed by atoms with Crippen molar-refractivity contribution in [3.05, 3.63) is 69.2 Å². The quantitative estimate of drug-likeness (QED) is 0.877. The minimum Gasteiger partial charge on any atom is -0.324 e. The van der Waals surface area contributed by atoms with Crippen LogP contribution >= 0.6 is 23.2 Å². The zero-order valence-corrected chi connectivity index (χ0v) is 11.7. The van der Waals surface area contributed by atoms with Crippen LogP contribution in [-0.2, 0) is 6.42 Å². The zero-order chi connectivity index (χ0) is 13.1. The molecule has 3 heteroatoms. The van der Waals surface area contributed by atoms with Gasteiger partial charge in [-0.2, -0.15) is 0 Å². The second kappa shape index (κ2) is 5.75. The Kier molecular flexibility index (Phi) is 4.28. The van der Waals surface area contributed by atoms with Crippen LogP contribution < -0.4 is 5.73 Å². The molecule has 0 fully saturated rings. The Morgan fingerprint density at radius 2 is 1.83 bits per heavy atom. The maximum absolute atomic E-state index is 6.24. The van der Waals surface area contributed by atoms with Crippen molar-refractivity contribution in [1.29, 1.82) is 0 Å². The van der Waals surface area contributed by atoms with Gasteiger partial charge in [-0.3, -0.25) is 0 Å². The summed E-state index contributed by atoms with van der Waals surface area (Å²) >= 11 is 12.0. The van der Waals surface area contributed by atoms with Crippen LogP contribution in [0.2, 0.25) is 10.0 Å². The SMILES string of the molecule is Cc1ccccc1C(N)Cc1ccc(Cl)cc1Cl. The summed E-state index contributed by atoms with van der Waals surface area (Å²) < 4.78 is 0. The lowest BCUT2D eigenvalue weighted by atomic mass is 9.96. The van der Waals surface area contributed by atoms with E-state index in [1.54, 1.807) is 6.07 Å². The van der Waals surface area contributed by atoms with E-state index in [2.05, 4.69) is 19.1 Å². The third-order valence-electron chi connectivity index (χ3n) is 3.04. The molecule has 1 atom stereocenters. The average molecular weight is 280 g/mol. The van der Waals surface area contributed by atoms with Gasteiger partial charge in [0.05, 0.1) is 0 Å². The molecule has 2 rings (SSSR count). The van der Waals surface area contributed by atoms with E-state index in [1.807, 2.05) is 24.3 Å². The summed E-state index contributed by atoms with van der Waals surface area (Å²) in [6, 6.07) is 13.6. The molecule has 94 valence electrons. The van der Waals surface area contributed by atoms with E-state index in [9.17, 15) is 0 Å². The maximum Gasteiger partial charge on any atom is 0.0453 e. The van der Waals surface area contributed by atoms with Crippen molar-refractivity contribution in [3.63, 3.8) is 0 Å². The van der Waals surface area contributed by atoms with E-state index in [1.165, 1.54) is 5.56 Å². The molecule has 2 aromatic carbocycles. The number of rotatable bonds is 3. The Labute approximate surface area is 118 Å². The smallest absolute Gasteiger partial charge is 0.0453 e. The van der Waals surface area contributed by atoms with Crippen LogP contribution in [0.25, 0.3) is 0 Å². The van der Waals surface area contributed by atoms with Crippen LogP contribution in [0, 0.1) is 6.92 Å². The molecule has 1 unspecified atom stereocenters. The molecule has 0 saturated carbocycles. The van der Waals surface area contributed by atoms with E-state index < -0.39 is 0 Å². The largest absolute Gasteiger partial charge is 0.324 e. The highest BCUT2D eigenvalue weighted by atomic mass is 35.5. The molecular weight excluding hydrogens is 265 g/mol. The number of aryl methyl sites for hydroxylation is 1. The number of hydrogen-bond donors (Lipinski definition) is 1. The molecule has 0 amide bonds. The third-order valence-corrected chi connectivity index (χ3v) is 3.63. The van der Waals surface area contributed by atoms with E-state index in [0.717, 1.165) is 11.1 Å². The van der Waals surface area contributed by atoms with E-state index in [-0.39, 0.29) is 6.04 Å². The number of benzene rings is 2. The normalized spacial score (nSPS) is 12.4. The highest BCUT2D eigenvalue weighted by molar-refractivity contribution is 6.35. The van der Waals surface area contributed by atoms with Crippen molar-refractivity contribution in [2.45, 2.75) is 19.4 Å². The fourth-order valence-electron chi connectivity index (χ4n) is 2.04. The first-order chi connectivity index (χ1) is 8.58. The Balaban J connectivity index is 2.21. The second-order valence-electron chi connectivity index (χ2n) is 4.40. The fourth-order valence-corrected chi connectivity index (χ4v) is 2.52. The minimum absolute atomic E-state index is 0.0510. The highest BCUT2D eigenvalue weighted by Gasteiger charge is 2.11. The van der Waals surface area contributed by atoms with Crippen LogP contribution in [0.3, 0.4) is 0 Å².